The van der Waals surface area contributed by atoms with Crippen molar-refractivity contribution in [3.05, 3.63) is 28.2 Å². The molecule has 1 aromatic rings. The number of nitrogens with zero attached hydrogens (tertiary/aromatic N) is 1. The third-order valence-electron chi connectivity index (χ3n) is 2.03. The summed E-state index contributed by atoms with van der Waals surface area (Å²) < 4.78 is 0.835. The van der Waals surface area contributed by atoms with E-state index in [0.717, 1.165) is 4.47 Å². The minimum atomic E-state index is -0.186. The van der Waals surface area contributed by atoms with Gasteiger partial charge in [-0.2, -0.15) is 0 Å². The maximum absolute atomic E-state index is 11.8. The van der Waals surface area contributed by atoms with Crippen LogP contribution in [0.4, 0.5) is 5.69 Å². The summed E-state index contributed by atoms with van der Waals surface area (Å²) in [5.74, 6) is -0.186. The highest BCUT2D eigenvalue weighted by molar-refractivity contribution is 9.10. The number of aliphatic hydroxyl groups is 1. The van der Waals surface area contributed by atoms with Crippen LogP contribution in [0.15, 0.2) is 22.7 Å². The lowest BCUT2D eigenvalue weighted by atomic mass is 10.1. The van der Waals surface area contributed by atoms with Gasteiger partial charge >= 0.3 is 0 Å². The normalized spacial score (nSPS) is 10.1. The van der Waals surface area contributed by atoms with E-state index in [4.69, 9.17) is 10.8 Å². The van der Waals surface area contributed by atoms with Crippen molar-refractivity contribution in [2.45, 2.75) is 0 Å². The smallest absolute Gasteiger partial charge is 0.255 e. The summed E-state index contributed by atoms with van der Waals surface area (Å²) in [6, 6.07) is 5.10. The molecule has 4 nitrogen and oxygen atoms in total. The monoisotopic (exact) mass is 272 g/mol. The van der Waals surface area contributed by atoms with E-state index in [2.05, 4.69) is 15.9 Å². The van der Waals surface area contributed by atoms with Crippen LogP contribution >= 0.6 is 15.9 Å². The van der Waals surface area contributed by atoms with Crippen LogP contribution in [0.5, 0.6) is 0 Å². The van der Waals surface area contributed by atoms with Crippen LogP contribution in [-0.4, -0.2) is 36.1 Å². The second kappa shape index (κ2) is 5.14. The van der Waals surface area contributed by atoms with Crippen LogP contribution in [0.25, 0.3) is 0 Å². The van der Waals surface area contributed by atoms with E-state index >= 15 is 0 Å². The molecule has 0 bridgehead atoms. The first kappa shape index (κ1) is 12.0. The van der Waals surface area contributed by atoms with Gasteiger partial charge in [-0.25, -0.2) is 0 Å². The molecule has 3 N–H and O–H groups in total. The van der Waals surface area contributed by atoms with Crippen LogP contribution in [0.2, 0.25) is 0 Å². The second-order valence-electron chi connectivity index (χ2n) is 3.18. The minimum Gasteiger partial charge on any atom is -0.398 e. The van der Waals surface area contributed by atoms with Gasteiger partial charge in [0.25, 0.3) is 5.91 Å². The number of nitrogen functional groups attached to an aromatic ring is 1. The molecule has 0 aromatic heterocycles. The highest BCUT2D eigenvalue weighted by Crippen LogP contribution is 2.19. The Kier molecular flexibility index (Phi) is 4.11. The molecule has 0 heterocycles. The quantitative estimate of drug-likeness (QED) is 0.810. The molecular weight excluding hydrogens is 260 g/mol. The molecule has 0 radical (unpaired) electrons. The number of nitrogens with two attached hydrogens (primary N) is 1. The fourth-order valence-corrected chi connectivity index (χ4v) is 1.56. The lowest BCUT2D eigenvalue weighted by Gasteiger charge is -2.16. The summed E-state index contributed by atoms with van der Waals surface area (Å²) in [5.41, 5.74) is 6.60. The van der Waals surface area contributed by atoms with Gasteiger partial charge in [-0.3, -0.25) is 4.79 Å². The molecule has 15 heavy (non-hydrogen) atoms. The zero-order valence-electron chi connectivity index (χ0n) is 8.40. The van der Waals surface area contributed by atoms with Crippen molar-refractivity contribution < 1.29 is 9.90 Å². The first-order valence-corrected chi connectivity index (χ1v) is 5.27. The van der Waals surface area contributed by atoms with E-state index < -0.39 is 0 Å². The van der Waals surface area contributed by atoms with Crippen LogP contribution in [0.1, 0.15) is 10.4 Å². The average Bonchev–Trinajstić information content (AvgIpc) is 2.17. The molecule has 0 saturated heterocycles. The predicted molar refractivity (Wildman–Crippen MR) is 62.6 cm³/mol. The maximum atomic E-state index is 11.8. The summed E-state index contributed by atoms with van der Waals surface area (Å²) >= 11 is 3.27. The Morgan fingerprint density at radius 3 is 2.80 bits per heavy atom. The number of anilines is 1. The van der Waals surface area contributed by atoms with E-state index in [1.54, 1.807) is 25.2 Å². The van der Waals surface area contributed by atoms with E-state index in [0.29, 0.717) is 17.8 Å². The van der Waals surface area contributed by atoms with Crippen LogP contribution in [0, 0.1) is 0 Å². The van der Waals surface area contributed by atoms with Gasteiger partial charge in [-0.1, -0.05) is 15.9 Å². The summed E-state index contributed by atoms with van der Waals surface area (Å²) in [7, 11) is 1.63. The van der Waals surface area contributed by atoms with Gasteiger partial charge in [0.15, 0.2) is 0 Å². The zero-order valence-corrected chi connectivity index (χ0v) is 9.99. The molecule has 0 aliphatic heterocycles. The van der Waals surface area contributed by atoms with Crippen molar-refractivity contribution in [1.82, 2.24) is 4.90 Å². The number of halogens is 1. The van der Waals surface area contributed by atoms with Crippen molar-refractivity contribution in [3.63, 3.8) is 0 Å². The van der Waals surface area contributed by atoms with Crippen molar-refractivity contribution in [2.24, 2.45) is 0 Å². The number of amides is 1. The first-order valence-electron chi connectivity index (χ1n) is 4.47. The van der Waals surface area contributed by atoms with E-state index in [1.165, 1.54) is 4.90 Å². The molecule has 0 unspecified atom stereocenters. The van der Waals surface area contributed by atoms with Gasteiger partial charge in [0.2, 0.25) is 0 Å². The summed E-state index contributed by atoms with van der Waals surface area (Å²) in [4.78, 5) is 13.2. The van der Waals surface area contributed by atoms with Gasteiger partial charge < -0.3 is 15.7 Å². The largest absolute Gasteiger partial charge is 0.398 e. The topological polar surface area (TPSA) is 66.6 Å². The number of carbonyl (C=O) groups is 1. The molecule has 0 aliphatic carbocycles. The highest BCUT2D eigenvalue weighted by atomic mass is 79.9. The van der Waals surface area contributed by atoms with Crippen LogP contribution < -0.4 is 5.73 Å². The molecule has 5 heteroatoms. The molecule has 0 saturated carbocycles. The lowest BCUT2D eigenvalue weighted by molar-refractivity contribution is 0.0768. The SMILES string of the molecule is CN(CCO)C(=O)c1ccc(Br)cc1N. The fourth-order valence-electron chi connectivity index (χ4n) is 1.19. The molecule has 1 amide bonds. The molecule has 0 aliphatic rings. The van der Waals surface area contributed by atoms with Gasteiger partial charge in [0, 0.05) is 23.8 Å². The molecule has 0 atom stereocenters. The Hall–Kier alpha value is -1.07. The molecule has 0 spiro atoms. The van der Waals surface area contributed by atoms with Crippen molar-refractivity contribution >= 4 is 27.5 Å². The molecule has 1 rings (SSSR count). The highest BCUT2D eigenvalue weighted by Gasteiger charge is 2.13. The zero-order chi connectivity index (χ0) is 11.4. The molecule has 82 valence electrons. The first-order chi connectivity index (χ1) is 7.06. The number of benzene rings is 1. The summed E-state index contributed by atoms with van der Waals surface area (Å²) in [6.45, 7) is 0.243. The number of hydrogen-bond acceptors (Lipinski definition) is 3. The van der Waals surface area contributed by atoms with Gasteiger partial charge in [-0.15, -0.1) is 0 Å². The van der Waals surface area contributed by atoms with E-state index in [-0.39, 0.29) is 12.5 Å². The number of rotatable bonds is 3. The number of aliphatic hydroxyl groups excluding tert-OH is 1. The Morgan fingerprint density at radius 2 is 2.27 bits per heavy atom. The minimum absolute atomic E-state index is 0.0569. The predicted octanol–water partition coefficient (Wildman–Crippen LogP) is 1.10. The van der Waals surface area contributed by atoms with Gasteiger partial charge in [0.05, 0.1) is 12.2 Å². The number of carbonyl (C=O) groups excluding carboxylic acids is 1. The Labute approximate surface area is 96.8 Å². The number of likely N-dealkylation sites (N-methyl/N-ethyl adjacent to an activating group) is 1. The fraction of sp³-hybridized carbons (Fsp3) is 0.300. The maximum Gasteiger partial charge on any atom is 0.255 e. The van der Waals surface area contributed by atoms with Crippen molar-refractivity contribution in [1.29, 1.82) is 0 Å². The molecular formula is C10H13BrN2O2. The third kappa shape index (κ3) is 2.94. The Morgan fingerprint density at radius 1 is 1.60 bits per heavy atom. The standard InChI is InChI=1S/C10H13BrN2O2/c1-13(4-5-14)10(15)8-3-2-7(11)6-9(8)12/h2-3,6,14H,4-5,12H2,1H3. The van der Waals surface area contributed by atoms with E-state index in [9.17, 15) is 4.79 Å². The van der Waals surface area contributed by atoms with Gasteiger partial charge in [0.1, 0.15) is 0 Å². The lowest BCUT2D eigenvalue weighted by Crippen LogP contribution is -2.30. The van der Waals surface area contributed by atoms with Crippen molar-refractivity contribution in [2.75, 3.05) is 25.9 Å². The Balaban J connectivity index is 2.91. The second-order valence-corrected chi connectivity index (χ2v) is 4.10. The summed E-state index contributed by atoms with van der Waals surface area (Å²) in [6.07, 6.45) is 0. The Bertz CT molecular complexity index is 368. The van der Waals surface area contributed by atoms with Crippen LogP contribution in [0.3, 0.4) is 0 Å². The third-order valence-corrected chi connectivity index (χ3v) is 2.52. The summed E-state index contributed by atoms with van der Waals surface area (Å²) in [5, 5.41) is 8.71. The van der Waals surface area contributed by atoms with Crippen molar-refractivity contribution in [3.8, 4) is 0 Å². The molecule has 0 fully saturated rings. The molecule has 1 aromatic carbocycles. The van der Waals surface area contributed by atoms with Gasteiger partial charge in [-0.05, 0) is 18.2 Å². The van der Waals surface area contributed by atoms with Crippen LogP contribution in [-0.2, 0) is 0 Å². The number of hydrogen-bond donors (Lipinski definition) is 2. The average molecular weight is 273 g/mol. The van der Waals surface area contributed by atoms with E-state index in [1.807, 2.05) is 0 Å².